The van der Waals surface area contributed by atoms with Crippen LogP contribution in [0.15, 0.2) is 54.7 Å². The van der Waals surface area contributed by atoms with E-state index in [-0.39, 0.29) is 11.8 Å². The Morgan fingerprint density at radius 2 is 1.68 bits per heavy atom. The number of benzene rings is 2. The number of halogens is 1. The summed E-state index contributed by atoms with van der Waals surface area (Å²) < 4.78 is 2.46. The number of rotatable bonds is 7. The van der Waals surface area contributed by atoms with Gasteiger partial charge in [-0.2, -0.15) is 0 Å². The molecule has 1 heterocycles. The van der Waals surface area contributed by atoms with Gasteiger partial charge in [-0.05, 0) is 60.9 Å². The molecule has 1 amide bonds. The first-order valence-corrected chi connectivity index (χ1v) is 13.7. The van der Waals surface area contributed by atoms with Crippen LogP contribution in [0.1, 0.15) is 87.7 Å². The molecule has 1 atom stereocenters. The van der Waals surface area contributed by atoms with Crippen LogP contribution >= 0.6 is 11.6 Å². The van der Waals surface area contributed by atoms with Gasteiger partial charge < -0.3 is 9.88 Å². The molecule has 2 aromatic carbocycles. The van der Waals surface area contributed by atoms with Gasteiger partial charge in [0.1, 0.15) is 0 Å². The zero-order valence-electron chi connectivity index (χ0n) is 20.1. The Labute approximate surface area is 208 Å². The number of carbonyl (C=O) groups excluding carboxylic acids is 1. The third kappa shape index (κ3) is 5.51. The fourth-order valence-electron chi connectivity index (χ4n) is 6.20. The highest BCUT2D eigenvalue weighted by atomic mass is 35.5. The van der Waals surface area contributed by atoms with Crippen LogP contribution in [0.3, 0.4) is 0 Å². The molecule has 5 rings (SSSR count). The zero-order chi connectivity index (χ0) is 23.3. The summed E-state index contributed by atoms with van der Waals surface area (Å²) in [5.74, 6) is 0.886. The highest BCUT2D eigenvalue weighted by Gasteiger charge is 2.25. The largest absolute Gasteiger partial charge is 0.353 e. The van der Waals surface area contributed by atoms with E-state index in [4.69, 9.17) is 11.6 Å². The van der Waals surface area contributed by atoms with E-state index in [0.717, 1.165) is 35.9 Å². The average Bonchev–Trinajstić information content (AvgIpc) is 3.22. The molecule has 3 nitrogen and oxygen atoms in total. The van der Waals surface area contributed by atoms with E-state index < -0.39 is 0 Å². The Hall–Kier alpha value is -2.26. The topological polar surface area (TPSA) is 34.0 Å². The van der Waals surface area contributed by atoms with Gasteiger partial charge in [0, 0.05) is 47.0 Å². The first kappa shape index (κ1) is 23.5. The number of nitrogens with zero attached hydrogens (tertiary/aromatic N) is 1. The number of fused-ring (bicyclic) bond motifs is 1. The zero-order valence-corrected chi connectivity index (χ0v) is 20.9. The molecule has 1 aromatic heterocycles. The summed E-state index contributed by atoms with van der Waals surface area (Å²) in [6, 6.07) is 17.1. The van der Waals surface area contributed by atoms with E-state index in [1.54, 1.807) is 0 Å². The minimum atomic E-state index is -0.0141. The lowest BCUT2D eigenvalue weighted by molar-refractivity contribution is -0.122. The highest BCUT2D eigenvalue weighted by molar-refractivity contribution is 6.30. The molecule has 2 aliphatic carbocycles. The summed E-state index contributed by atoms with van der Waals surface area (Å²) >= 11 is 6.42. The lowest BCUT2D eigenvalue weighted by Gasteiger charge is -2.24. The number of amides is 1. The van der Waals surface area contributed by atoms with Gasteiger partial charge in [-0.1, -0.05) is 80.5 Å². The maximum atomic E-state index is 13.3. The van der Waals surface area contributed by atoms with Crippen LogP contribution in [-0.4, -0.2) is 16.5 Å². The van der Waals surface area contributed by atoms with Crippen LogP contribution < -0.4 is 5.32 Å². The summed E-state index contributed by atoms with van der Waals surface area (Å²) in [5.41, 5.74) is 3.64. The maximum Gasteiger partial charge on any atom is 0.221 e. The van der Waals surface area contributed by atoms with E-state index in [1.807, 2.05) is 18.2 Å². The van der Waals surface area contributed by atoms with Crippen molar-refractivity contribution < 1.29 is 4.79 Å². The van der Waals surface area contributed by atoms with Crippen molar-refractivity contribution in [3.63, 3.8) is 0 Å². The summed E-state index contributed by atoms with van der Waals surface area (Å²) in [5, 5.41) is 5.33. The van der Waals surface area contributed by atoms with Crippen molar-refractivity contribution in [3.8, 4) is 0 Å². The van der Waals surface area contributed by atoms with Gasteiger partial charge in [0.15, 0.2) is 0 Å². The Morgan fingerprint density at radius 3 is 2.44 bits per heavy atom. The SMILES string of the molecule is O=C(CC(c1cccc(Cl)c1)c1cn(CC2CCCCC2)c2ccccc12)NC1CCCCC1. The Balaban J connectivity index is 1.47. The van der Waals surface area contributed by atoms with Gasteiger partial charge >= 0.3 is 0 Å². The number of carbonyl (C=O) groups is 1. The maximum absolute atomic E-state index is 13.3. The first-order valence-electron chi connectivity index (χ1n) is 13.3. The molecule has 0 spiro atoms. The van der Waals surface area contributed by atoms with E-state index in [1.165, 1.54) is 67.8 Å². The minimum absolute atomic E-state index is 0.0141. The van der Waals surface area contributed by atoms with Crippen molar-refractivity contribution in [1.82, 2.24) is 9.88 Å². The third-order valence-corrected chi connectivity index (χ3v) is 8.22. The smallest absolute Gasteiger partial charge is 0.221 e. The van der Waals surface area contributed by atoms with Crippen LogP contribution in [0.5, 0.6) is 0 Å². The Morgan fingerprint density at radius 1 is 0.941 bits per heavy atom. The fourth-order valence-corrected chi connectivity index (χ4v) is 6.40. The lowest BCUT2D eigenvalue weighted by Crippen LogP contribution is -2.36. The molecule has 0 bridgehead atoms. The van der Waals surface area contributed by atoms with E-state index >= 15 is 0 Å². The standard InChI is InChI=1S/C30H37ClN2O/c31-24-13-9-12-23(18-24)27(19-30(34)32-25-14-5-2-6-15-25)28-21-33(20-22-10-3-1-4-11-22)29-17-8-7-16-26(28)29/h7-9,12-13,16-18,21-22,25,27H,1-6,10-11,14-15,19-20H2,(H,32,34). The first-order chi connectivity index (χ1) is 16.7. The number of nitrogens with one attached hydrogen (secondary N) is 1. The number of hydrogen-bond donors (Lipinski definition) is 1. The van der Waals surface area contributed by atoms with Gasteiger partial charge in [0.25, 0.3) is 0 Å². The average molecular weight is 477 g/mol. The second-order valence-electron chi connectivity index (χ2n) is 10.5. The molecule has 2 fully saturated rings. The van der Waals surface area contributed by atoms with Crippen molar-refractivity contribution in [2.24, 2.45) is 5.92 Å². The second kappa shape index (κ2) is 11.0. The van der Waals surface area contributed by atoms with Gasteiger partial charge in [0.2, 0.25) is 5.91 Å². The van der Waals surface area contributed by atoms with E-state index in [0.29, 0.717) is 12.5 Å². The molecule has 2 saturated carbocycles. The van der Waals surface area contributed by atoms with Crippen molar-refractivity contribution in [1.29, 1.82) is 0 Å². The Bertz CT molecular complexity index is 1110. The minimum Gasteiger partial charge on any atom is -0.353 e. The van der Waals surface area contributed by atoms with Gasteiger partial charge in [-0.3, -0.25) is 4.79 Å². The van der Waals surface area contributed by atoms with Crippen molar-refractivity contribution in [3.05, 3.63) is 70.9 Å². The molecule has 1 unspecified atom stereocenters. The molecule has 0 saturated heterocycles. The summed E-state index contributed by atoms with van der Waals surface area (Å²) in [4.78, 5) is 13.3. The van der Waals surface area contributed by atoms with Gasteiger partial charge in [0.05, 0.1) is 0 Å². The Kier molecular flexibility index (Phi) is 7.59. The summed E-state index contributed by atoms with van der Waals surface area (Å²) in [6.45, 7) is 1.07. The highest BCUT2D eigenvalue weighted by Crippen LogP contribution is 2.37. The molecule has 34 heavy (non-hydrogen) atoms. The van der Waals surface area contributed by atoms with Crippen molar-refractivity contribution in [2.45, 2.75) is 89.1 Å². The predicted octanol–water partition coefficient (Wildman–Crippen LogP) is 7.85. The molecule has 0 radical (unpaired) electrons. The fraction of sp³-hybridized carbons (Fsp3) is 0.500. The van der Waals surface area contributed by atoms with Crippen LogP contribution in [0, 0.1) is 5.92 Å². The predicted molar refractivity (Wildman–Crippen MR) is 141 cm³/mol. The molecule has 1 N–H and O–H groups in total. The number of aromatic nitrogens is 1. The molecule has 2 aliphatic rings. The van der Waals surface area contributed by atoms with E-state index in [2.05, 4.69) is 46.4 Å². The number of para-hydroxylation sites is 1. The molecule has 4 heteroatoms. The van der Waals surface area contributed by atoms with Crippen LogP contribution in [0.25, 0.3) is 10.9 Å². The molecular weight excluding hydrogens is 440 g/mol. The molecule has 180 valence electrons. The third-order valence-electron chi connectivity index (χ3n) is 7.99. The molecule has 3 aromatic rings. The number of hydrogen-bond acceptors (Lipinski definition) is 1. The van der Waals surface area contributed by atoms with Gasteiger partial charge in [-0.15, -0.1) is 0 Å². The monoisotopic (exact) mass is 476 g/mol. The van der Waals surface area contributed by atoms with E-state index in [9.17, 15) is 4.79 Å². The van der Waals surface area contributed by atoms with Crippen LogP contribution in [-0.2, 0) is 11.3 Å². The van der Waals surface area contributed by atoms with Crippen LogP contribution in [0.2, 0.25) is 5.02 Å². The molecular formula is C30H37ClN2O. The quantitative estimate of drug-likeness (QED) is 0.370. The van der Waals surface area contributed by atoms with Crippen molar-refractivity contribution >= 4 is 28.4 Å². The van der Waals surface area contributed by atoms with Crippen molar-refractivity contribution in [2.75, 3.05) is 0 Å². The second-order valence-corrected chi connectivity index (χ2v) is 10.9. The van der Waals surface area contributed by atoms with Crippen LogP contribution in [0.4, 0.5) is 0 Å². The van der Waals surface area contributed by atoms with Gasteiger partial charge in [-0.25, -0.2) is 0 Å². The molecule has 0 aliphatic heterocycles. The lowest BCUT2D eigenvalue weighted by atomic mass is 9.87. The normalized spacial score (nSPS) is 18.7. The summed E-state index contributed by atoms with van der Waals surface area (Å²) in [6.07, 6.45) is 15.4. The summed E-state index contributed by atoms with van der Waals surface area (Å²) in [7, 11) is 0.